The van der Waals surface area contributed by atoms with Gasteiger partial charge in [-0.15, -0.1) is 0 Å². The van der Waals surface area contributed by atoms with Gasteiger partial charge in [-0.1, -0.05) is 29.8 Å². The van der Waals surface area contributed by atoms with Crippen LogP contribution in [0.4, 0.5) is 10.5 Å². The number of amides is 2. The number of carboxylic acids is 1. The number of aromatic carboxylic acids is 1. The molecule has 0 saturated carbocycles. The lowest BCUT2D eigenvalue weighted by atomic mass is 9.94. The molecule has 6 heteroatoms. The Kier molecular flexibility index (Phi) is 5.22. The van der Waals surface area contributed by atoms with Crippen molar-refractivity contribution in [2.75, 3.05) is 11.9 Å². The first-order valence-corrected chi connectivity index (χ1v) is 7.17. The van der Waals surface area contributed by atoms with E-state index in [2.05, 4.69) is 22.8 Å². The lowest BCUT2D eigenvalue weighted by Gasteiger charge is -2.18. The molecule has 0 spiro atoms. The second-order valence-electron chi connectivity index (χ2n) is 4.95. The molecule has 1 aromatic carbocycles. The van der Waals surface area contributed by atoms with E-state index in [1.807, 2.05) is 0 Å². The van der Waals surface area contributed by atoms with Crippen LogP contribution in [0.15, 0.2) is 30.4 Å². The van der Waals surface area contributed by atoms with E-state index >= 15 is 0 Å². The van der Waals surface area contributed by atoms with Crippen LogP contribution in [0, 0.1) is 5.92 Å². The van der Waals surface area contributed by atoms with Gasteiger partial charge in [-0.25, -0.2) is 9.59 Å². The van der Waals surface area contributed by atoms with Gasteiger partial charge in [0, 0.05) is 6.54 Å². The Balaban J connectivity index is 1.95. The van der Waals surface area contributed by atoms with Crippen molar-refractivity contribution < 1.29 is 14.7 Å². The number of carboxylic acid groups (broad SMARTS) is 1. The van der Waals surface area contributed by atoms with Gasteiger partial charge in [0.15, 0.2) is 0 Å². The molecule has 0 radical (unpaired) electrons. The fourth-order valence-corrected chi connectivity index (χ4v) is 2.55. The van der Waals surface area contributed by atoms with Crippen LogP contribution in [0.2, 0.25) is 5.02 Å². The summed E-state index contributed by atoms with van der Waals surface area (Å²) >= 11 is 5.85. The van der Waals surface area contributed by atoms with Crippen LogP contribution in [0.3, 0.4) is 0 Å². The van der Waals surface area contributed by atoms with Gasteiger partial charge in [0.05, 0.1) is 10.7 Å². The summed E-state index contributed by atoms with van der Waals surface area (Å²) in [4.78, 5) is 23.0. The Morgan fingerprint density at radius 2 is 2.14 bits per heavy atom. The Bertz CT molecular complexity index is 572. The first-order valence-electron chi connectivity index (χ1n) is 6.79. The minimum atomic E-state index is -1.17. The fraction of sp³-hybridized carbons (Fsp3) is 0.333. The van der Waals surface area contributed by atoms with Crippen LogP contribution in [-0.2, 0) is 0 Å². The van der Waals surface area contributed by atoms with Gasteiger partial charge in [0.25, 0.3) is 0 Å². The smallest absolute Gasteiger partial charge is 0.339 e. The summed E-state index contributed by atoms with van der Waals surface area (Å²) < 4.78 is 0. The molecule has 1 aliphatic rings. The highest BCUT2D eigenvalue weighted by atomic mass is 35.5. The van der Waals surface area contributed by atoms with Gasteiger partial charge in [-0.2, -0.15) is 0 Å². The molecule has 0 saturated heterocycles. The maximum absolute atomic E-state index is 11.9. The molecule has 1 aliphatic carbocycles. The molecule has 0 aromatic heterocycles. The molecule has 5 nitrogen and oxygen atoms in total. The molecule has 1 aromatic rings. The highest BCUT2D eigenvalue weighted by molar-refractivity contribution is 6.34. The number of benzene rings is 1. The van der Waals surface area contributed by atoms with Gasteiger partial charge in [0.2, 0.25) is 0 Å². The van der Waals surface area contributed by atoms with Crippen molar-refractivity contribution in [1.82, 2.24) is 5.32 Å². The van der Waals surface area contributed by atoms with Gasteiger partial charge >= 0.3 is 12.0 Å². The highest BCUT2D eigenvalue weighted by Crippen LogP contribution is 2.24. The quantitative estimate of drug-likeness (QED) is 0.745. The second-order valence-corrected chi connectivity index (χ2v) is 5.36. The van der Waals surface area contributed by atoms with Gasteiger partial charge < -0.3 is 15.7 Å². The molecule has 21 heavy (non-hydrogen) atoms. The molecule has 2 rings (SSSR count). The third-order valence-corrected chi connectivity index (χ3v) is 3.72. The molecular formula is C15H17ClN2O3. The zero-order valence-electron chi connectivity index (χ0n) is 11.4. The third-order valence-electron chi connectivity index (χ3n) is 3.40. The number of anilines is 1. The number of carbonyl (C=O) groups excluding carboxylic acids is 1. The van der Waals surface area contributed by atoms with Crippen molar-refractivity contribution in [1.29, 1.82) is 0 Å². The zero-order valence-corrected chi connectivity index (χ0v) is 12.2. The second kappa shape index (κ2) is 7.13. The van der Waals surface area contributed by atoms with Gasteiger partial charge in [-0.05, 0) is 37.3 Å². The number of hydrogen-bond donors (Lipinski definition) is 3. The van der Waals surface area contributed by atoms with Crippen molar-refractivity contribution >= 4 is 29.3 Å². The van der Waals surface area contributed by atoms with E-state index in [1.54, 1.807) is 6.07 Å². The summed E-state index contributed by atoms with van der Waals surface area (Å²) in [5.74, 6) is -0.743. The summed E-state index contributed by atoms with van der Waals surface area (Å²) in [5.41, 5.74) is 0.0888. The predicted molar refractivity (Wildman–Crippen MR) is 81.9 cm³/mol. The molecule has 1 atom stereocenters. The number of nitrogens with one attached hydrogen (secondary N) is 2. The lowest BCUT2D eigenvalue weighted by molar-refractivity contribution is 0.0698. The van der Waals surface area contributed by atoms with Crippen molar-refractivity contribution in [3.63, 3.8) is 0 Å². The van der Waals surface area contributed by atoms with Crippen molar-refractivity contribution in [3.05, 3.63) is 40.9 Å². The van der Waals surface area contributed by atoms with Crippen LogP contribution in [0.5, 0.6) is 0 Å². The van der Waals surface area contributed by atoms with Crippen LogP contribution in [-0.4, -0.2) is 23.7 Å². The standard InChI is InChI=1S/C15H17ClN2O3/c16-11-7-4-8-12(13(11)14(19)20)18-15(21)17-9-10-5-2-1-3-6-10/h1-2,4,7-8,10H,3,5-6,9H2,(H,19,20)(H2,17,18,21). The lowest BCUT2D eigenvalue weighted by Crippen LogP contribution is -2.33. The van der Waals surface area contributed by atoms with Crippen LogP contribution >= 0.6 is 11.6 Å². The number of allylic oxidation sites excluding steroid dienone is 2. The van der Waals surface area contributed by atoms with Crippen molar-refractivity contribution in [2.45, 2.75) is 19.3 Å². The van der Waals surface area contributed by atoms with E-state index in [1.165, 1.54) is 12.1 Å². The molecular weight excluding hydrogens is 292 g/mol. The van der Waals surface area contributed by atoms with Crippen molar-refractivity contribution in [3.8, 4) is 0 Å². The normalized spacial score (nSPS) is 17.3. The first kappa shape index (κ1) is 15.4. The average molecular weight is 309 g/mol. The summed E-state index contributed by atoms with van der Waals surface area (Å²) in [6, 6.07) is 4.16. The Morgan fingerprint density at radius 3 is 2.81 bits per heavy atom. The molecule has 3 N–H and O–H groups in total. The highest BCUT2D eigenvalue weighted by Gasteiger charge is 2.17. The minimum Gasteiger partial charge on any atom is -0.478 e. The van der Waals surface area contributed by atoms with Gasteiger partial charge in [0.1, 0.15) is 5.56 Å². The number of hydrogen-bond acceptors (Lipinski definition) is 2. The van der Waals surface area contributed by atoms with E-state index in [0.717, 1.165) is 19.3 Å². The van der Waals surface area contributed by atoms with Crippen LogP contribution in [0.25, 0.3) is 0 Å². The molecule has 112 valence electrons. The van der Waals surface area contributed by atoms with Crippen LogP contribution in [0.1, 0.15) is 29.6 Å². The molecule has 0 heterocycles. The zero-order chi connectivity index (χ0) is 15.2. The van der Waals surface area contributed by atoms with Gasteiger partial charge in [-0.3, -0.25) is 0 Å². The molecule has 2 amide bonds. The Labute approximate surface area is 128 Å². The maximum Gasteiger partial charge on any atom is 0.339 e. The average Bonchev–Trinajstić information content (AvgIpc) is 2.46. The molecule has 0 bridgehead atoms. The van der Waals surface area contributed by atoms with E-state index < -0.39 is 12.0 Å². The van der Waals surface area contributed by atoms with E-state index in [9.17, 15) is 9.59 Å². The van der Waals surface area contributed by atoms with Crippen LogP contribution < -0.4 is 10.6 Å². The summed E-state index contributed by atoms with van der Waals surface area (Å²) in [6.07, 6.45) is 7.30. The fourth-order valence-electron chi connectivity index (χ4n) is 2.29. The largest absolute Gasteiger partial charge is 0.478 e. The number of halogens is 1. The monoisotopic (exact) mass is 308 g/mol. The Hall–Kier alpha value is -2.01. The SMILES string of the molecule is O=C(NCC1CC=CCC1)Nc1cccc(Cl)c1C(=O)O. The Morgan fingerprint density at radius 1 is 1.33 bits per heavy atom. The first-order chi connectivity index (χ1) is 10.1. The maximum atomic E-state index is 11.9. The topological polar surface area (TPSA) is 78.4 Å². The number of carbonyl (C=O) groups is 2. The van der Waals surface area contributed by atoms with E-state index in [0.29, 0.717) is 12.5 Å². The molecule has 0 fully saturated rings. The predicted octanol–water partition coefficient (Wildman–Crippen LogP) is 3.52. The number of rotatable bonds is 4. The summed E-state index contributed by atoms with van der Waals surface area (Å²) in [7, 11) is 0. The van der Waals surface area contributed by atoms with Crippen molar-refractivity contribution in [2.24, 2.45) is 5.92 Å². The summed E-state index contributed by atoms with van der Waals surface area (Å²) in [6.45, 7) is 0.569. The number of urea groups is 1. The summed E-state index contributed by atoms with van der Waals surface area (Å²) in [5, 5.41) is 14.5. The van der Waals surface area contributed by atoms with E-state index in [4.69, 9.17) is 16.7 Å². The molecule has 0 aliphatic heterocycles. The van der Waals surface area contributed by atoms with E-state index in [-0.39, 0.29) is 16.3 Å². The third kappa shape index (κ3) is 4.23. The minimum absolute atomic E-state index is 0.0951. The molecule has 1 unspecified atom stereocenters.